The first-order valence-corrected chi connectivity index (χ1v) is 7.17. The molecule has 1 saturated heterocycles. The first kappa shape index (κ1) is 16.5. The SMILES string of the molecule is Cc1cccc(OC(F)F)c1NC(=O)N1CCC(C)C(O)C1. The lowest BCUT2D eigenvalue weighted by Crippen LogP contribution is -2.47. The summed E-state index contributed by atoms with van der Waals surface area (Å²) < 4.78 is 29.3. The number of rotatable bonds is 3. The third kappa shape index (κ3) is 3.85. The largest absolute Gasteiger partial charge is 0.433 e. The summed E-state index contributed by atoms with van der Waals surface area (Å²) >= 11 is 0. The highest BCUT2D eigenvalue weighted by atomic mass is 19.3. The van der Waals surface area contributed by atoms with Crippen molar-refractivity contribution < 1.29 is 23.4 Å². The maximum atomic E-state index is 12.4. The maximum absolute atomic E-state index is 12.4. The number of aliphatic hydroxyl groups excluding tert-OH is 1. The summed E-state index contributed by atoms with van der Waals surface area (Å²) in [5, 5.41) is 12.5. The molecule has 2 N–H and O–H groups in total. The molecule has 1 fully saturated rings. The minimum atomic E-state index is -2.96. The van der Waals surface area contributed by atoms with E-state index in [0.29, 0.717) is 18.5 Å². The number of para-hydroxylation sites is 1. The Hall–Kier alpha value is -1.89. The number of benzene rings is 1. The van der Waals surface area contributed by atoms with Gasteiger partial charge in [-0.1, -0.05) is 19.1 Å². The third-order valence-corrected chi connectivity index (χ3v) is 3.89. The van der Waals surface area contributed by atoms with Gasteiger partial charge in [-0.05, 0) is 30.9 Å². The molecule has 1 aliphatic heterocycles. The molecule has 22 heavy (non-hydrogen) atoms. The van der Waals surface area contributed by atoms with Crippen molar-refractivity contribution in [3.63, 3.8) is 0 Å². The van der Waals surface area contributed by atoms with Gasteiger partial charge >= 0.3 is 12.6 Å². The van der Waals surface area contributed by atoms with Crippen molar-refractivity contribution in [2.75, 3.05) is 18.4 Å². The zero-order valence-corrected chi connectivity index (χ0v) is 12.6. The summed E-state index contributed by atoms with van der Waals surface area (Å²) in [5.74, 6) is 0.0644. The zero-order valence-electron chi connectivity index (χ0n) is 12.6. The van der Waals surface area contributed by atoms with Crippen molar-refractivity contribution in [1.29, 1.82) is 0 Å². The first-order chi connectivity index (χ1) is 10.4. The number of alkyl halides is 2. The van der Waals surface area contributed by atoms with Gasteiger partial charge in [0.25, 0.3) is 0 Å². The smallest absolute Gasteiger partial charge is 0.387 e. The van der Waals surface area contributed by atoms with Crippen LogP contribution in [0, 0.1) is 12.8 Å². The number of carbonyl (C=O) groups is 1. The lowest BCUT2D eigenvalue weighted by atomic mass is 9.96. The second kappa shape index (κ2) is 6.91. The number of halogens is 2. The number of ether oxygens (including phenoxy) is 1. The molecular weight excluding hydrogens is 294 g/mol. The Bertz CT molecular complexity index is 540. The van der Waals surface area contributed by atoms with E-state index in [4.69, 9.17) is 0 Å². The van der Waals surface area contributed by atoms with Gasteiger partial charge in [0.1, 0.15) is 5.75 Å². The molecule has 2 rings (SSSR count). The Morgan fingerprint density at radius 3 is 2.86 bits per heavy atom. The summed E-state index contributed by atoms with van der Waals surface area (Å²) in [6, 6.07) is 4.22. The van der Waals surface area contributed by atoms with Crippen LogP contribution in [0.3, 0.4) is 0 Å². The molecule has 0 saturated carbocycles. The number of urea groups is 1. The number of nitrogens with zero attached hydrogens (tertiary/aromatic N) is 1. The Labute approximate surface area is 127 Å². The van der Waals surface area contributed by atoms with Crippen LogP contribution in [0.15, 0.2) is 18.2 Å². The number of nitrogens with one attached hydrogen (secondary N) is 1. The van der Waals surface area contributed by atoms with Crippen LogP contribution in [0.4, 0.5) is 19.3 Å². The van der Waals surface area contributed by atoms with Crippen LogP contribution >= 0.6 is 0 Å². The van der Waals surface area contributed by atoms with Crippen molar-refractivity contribution in [2.45, 2.75) is 33.0 Å². The zero-order chi connectivity index (χ0) is 16.3. The predicted octanol–water partition coefficient (Wildman–Crippen LogP) is 2.83. The first-order valence-electron chi connectivity index (χ1n) is 7.17. The topological polar surface area (TPSA) is 61.8 Å². The van der Waals surface area contributed by atoms with Crippen LogP contribution in [0.25, 0.3) is 0 Å². The molecule has 0 aliphatic carbocycles. The minimum absolute atomic E-state index is 0.0747. The molecule has 1 heterocycles. The van der Waals surface area contributed by atoms with E-state index < -0.39 is 18.7 Å². The van der Waals surface area contributed by atoms with Gasteiger partial charge in [0, 0.05) is 13.1 Å². The Morgan fingerprint density at radius 1 is 1.50 bits per heavy atom. The van der Waals surface area contributed by atoms with Crippen LogP contribution in [0.5, 0.6) is 5.75 Å². The lowest BCUT2D eigenvalue weighted by Gasteiger charge is -2.34. The molecule has 2 atom stereocenters. The fraction of sp³-hybridized carbons (Fsp3) is 0.533. The van der Waals surface area contributed by atoms with Gasteiger partial charge in [0.2, 0.25) is 0 Å². The lowest BCUT2D eigenvalue weighted by molar-refractivity contribution is -0.0493. The van der Waals surface area contributed by atoms with Crippen molar-refractivity contribution in [1.82, 2.24) is 4.90 Å². The number of piperidine rings is 1. The van der Waals surface area contributed by atoms with E-state index in [1.54, 1.807) is 19.1 Å². The minimum Gasteiger partial charge on any atom is -0.433 e. The third-order valence-electron chi connectivity index (χ3n) is 3.89. The average Bonchev–Trinajstić information content (AvgIpc) is 2.45. The maximum Gasteiger partial charge on any atom is 0.387 e. The van der Waals surface area contributed by atoms with Gasteiger partial charge in [-0.15, -0.1) is 0 Å². The molecule has 1 aromatic rings. The molecule has 0 aromatic heterocycles. The van der Waals surface area contributed by atoms with E-state index in [1.807, 2.05) is 6.92 Å². The molecule has 1 aromatic carbocycles. The van der Waals surface area contributed by atoms with Crippen LogP contribution in [-0.4, -0.2) is 41.8 Å². The molecule has 122 valence electrons. The van der Waals surface area contributed by atoms with Crippen molar-refractivity contribution in [3.05, 3.63) is 23.8 Å². The van der Waals surface area contributed by atoms with Gasteiger partial charge in [-0.25, -0.2) is 4.79 Å². The van der Waals surface area contributed by atoms with Crippen molar-refractivity contribution >= 4 is 11.7 Å². The Morgan fingerprint density at radius 2 is 2.23 bits per heavy atom. The summed E-state index contributed by atoms with van der Waals surface area (Å²) in [7, 11) is 0. The van der Waals surface area contributed by atoms with Crippen LogP contribution in [-0.2, 0) is 0 Å². The van der Waals surface area contributed by atoms with E-state index in [1.165, 1.54) is 11.0 Å². The molecule has 5 nitrogen and oxygen atoms in total. The van der Waals surface area contributed by atoms with Gasteiger partial charge in [-0.2, -0.15) is 8.78 Å². The van der Waals surface area contributed by atoms with Crippen LogP contribution < -0.4 is 10.1 Å². The monoisotopic (exact) mass is 314 g/mol. The number of likely N-dealkylation sites (tertiary alicyclic amines) is 1. The van der Waals surface area contributed by atoms with Crippen molar-refractivity contribution in [3.8, 4) is 5.75 Å². The molecule has 0 bridgehead atoms. The van der Waals surface area contributed by atoms with E-state index in [0.717, 1.165) is 0 Å². The molecular formula is C15H20F2N2O3. The van der Waals surface area contributed by atoms with Gasteiger partial charge in [-0.3, -0.25) is 0 Å². The number of carbonyl (C=O) groups excluding carboxylic acids is 1. The van der Waals surface area contributed by atoms with Gasteiger partial charge < -0.3 is 20.1 Å². The summed E-state index contributed by atoms with van der Waals surface area (Å²) in [6.07, 6.45) is 0.121. The average molecular weight is 314 g/mol. The number of hydrogen-bond acceptors (Lipinski definition) is 3. The van der Waals surface area contributed by atoms with Crippen LogP contribution in [0.2, 0.25) is 0 Å². The second-order valence-corrected chi connectivity index (χ2v) is 5.54. The number of aryl methyl sites for hydroxylation is 1. The molecule has 0 spiro atoms. The highest BCUT2D eigenvalue weighted by Gasteiger charge is 2.28. The fourth-order valence-electron chi connectivity index (χ4n) is 2.41. The number of hydrogen-bond donors (Lipinski definition) is 2. The Balaban J connectivity index is 2.11. The number of aliphatic hydroxyl groups is 1. The molecule has 7 heteroatoms. The molecule has 0 radical (unpaired) electrons. The normalized spacial score (nSPS) is 21.8. The van der Waals surface area contributed by atoms with E-state index in [9.17, 15) is 18.7 Å². The Kier molecular flexibility index (Phi) is 5.18. The van der Waals surface area contributed by atoms with Gasteiger partial charge in [0.15, 0.2) is 0 Å². The van der Waals surface area contributed by atoms with Gasteiger partial charge in [0.05, 0.1) is 11.8 Å². The number of anilines is 1. The van der Waals surface area contributed by atoms with Crippen molar-refractivity contribution in [2.24, 2.45) is 5.92 Å². The predicted molar refractivity (Wildman–Crippen MR) is 78.2 cm³/mol. The summed E-state index contributed by atoms with van der Waals surface area (Å²) in [4.78, 5) is 13.7. The van der Waals surface area contributed by atoms with E-state index in [2.05, 4.69) is 10.1 Å². The molecule has 2 unspecified atom stereocenters. The van der Waals surface area contributed by atoms with Crippen LogP contribution in [0.1, 0.15) is 18.9 Å². The quantitative estimate of drug-likeness (QED) is 0.902. The number of amides is 2. The summed E-state index contributed by atoms with van der Waals surface area (Å²) in [5.41, 5.74) is 0.846. The highest BCUT2D eigenvalue weighted by molar-refractivity contribution is 5.92. The molecule has 2 amide bonds. The van der Waals surface area contributed by atoms with E-state index in [-0.39, 0.29) is 23.9 Å². The van der Waals surface area contributed by atoms with E-state index >= 15 is 0 Å². The number of β-amino-alcohol motifs (C(OH)–C–C–N with tert-alkyl or cyclic N) is 1. The standard InChI is InChI=1S/C15H20F2N2O3/c1-9-6-7-19(8-11(9)20)15(21)18-13-10(2)4-3-5-12(13)22-14(16)17/h3-5,9,11,14,20H,6-8H2,1-2H3,(H,18,21). The second-order valence-electron chi connectivity index (χ2n) is 5.54. The fourth-order valence-corrected chi connectivity index (χ4v) is 2.41. The molecule has 1 aliphatic rings. The summed E-state index contributed by atoms with van der Waals surface area (Å²) in [6.45, 7) is 1.40. The highest BCUT2D eigenvalue weighted by Crippen LogP contribution is 2.30.